The van der Waals surface area contributed by atoms with Crippen molar-refractivity contribution in [3.05, 3.63) is 222 Å². The molecule has 0 aliphatic carbocycles. The molecule has 0 N–H and O–H groups in total. The molecule has 0 saturated heterocycles. The summed E-state index contributed by atoms with van der Waals surface area (Å²) in [5.41, 5.74) is 3.97. The maximum absolute atomic E-state index is 11.1. The van der Waals surface area contributed by atoms with Gasteiger partial charge in [-0.2, -0.15) is 72.8 Å². The summed E-state index contributed by atoms with van der Waals surface area (Å²) in [4.78, 5) is 5.55. The van der Waals surface area contributed by atoms with Crippen LogP contribution >= 0.6 is 0 Å². The molecule has 7 aromatic rings. The van der Waals surface area contributed by atoms with Crippen LogP contribution in [0.1, 0.15) is 194 Å². The van der Waals surface area contributed by atoms with Crippen molar-refractivity contribution in [3.8, 4) is 0 Å². The van der Waals surface area contributed by atoms with E-state index in [0.717, 1.165) is 16.7 Å². The fourth-order valence-corrected chi connectivity index (χ4v) is 9.16. The van der Waals surface area contributed by atoms with Crippen molar-refractivity contribution >= 4 is 31.9 Å². The third-order valence-electron chi connectivity index (χ3n) is 8.78. The summed E-state index contributed by atoms with van der Waals surface area (Å²) < 4.78 is 33.4. The van der Waals surface area contributed by atoms with Crippen molar-refractivity contribution < 1.29 is 45.7 Å². The molecular formula is C73H123O3S3Y-. The van der Waals surface area contributed by atoms with Crippen molar-refractivity contribution in [1.29, 1.82) is 0 Å². The molecule has 0 aliphatic heterocycles. The maximum atomic E-state index is 11.1. The largest absolute Gasteiger partial charge is 0.744 e. The average Bonchev–Trinajstić information content (AvgIpc) is 3.57. The standard InChI is InChI=1S/2C13H13S.C11H16O3S.2C6H5.12C2H6.Y/c2*1-14(12-8-4-2-5-9-12)13-10-6-3-7-11-13;1-6-7(2)9(4)11(15(12,13)14)10(5)8(6)3;2*1-2-4-6-5-3-1;12*1-2;/h2*2-11H,1H3;1-5H3,(H,12,13,14);2*1-5H;12*1-2H3;/q2*+1;;2*-1;;;;;;;;;;;;;/p-1. The fourth-order valence-electron chi connectivity index (χ4n) is 5.30. The van der Waals surface area contributed by atoms with Crippen molar-refractivity contribution in [2.75, 3.05) is 12.5 Å². The number of hydrogen-bond donors (Lipinski definition) is 0. The molecule has 0 heterocycles. The fraction of sp³-hybridized carbons (Fsp3) is 0.425. The van der Waals surface area contributed by atoms with Gasteiger partial charge in [-0.25, -0.2) is 8.42 Å². The average molecular weight is 1230 g/mol. The van der Waals surface area contributed by atoms with Gasteiger partial charge >= 0.3 is 0 Å². The van der Waals surface area contributed by atoms with Crippen LogP contribution in [0.4, 0.5) is 0 Å². The minimum absolute atomic E-state index is 0. The van der Waals surface area contributed by atoms with E-state index in [9.17, 15) is 13.0 Å². The first-order valence-corrected chi connectivity index (χ1v) is 34.5. The smallest absolute Gasteiger partial charge is 0.160 e. The van der Waals surface area contributed by atoms with Crippen LogP contribution in [0.25, 0.3) is 0 Å². The first kappa shape index (κ1) is 101. The van der Waals surface area contributed by atoms with Crippen molar-refractivity contribution in [2.45, 2.75) is 225 Å². The monoisotopic (exact) mass is 1230 g/mol. The van der Waals surface area contributed by atoms with E-state index < -0.39 is 10.1 Å². The molecule has 0 fully saturated rings. The van der Waals surface area contributed by atoms with Gasteiger partial charge in [0.25, 0.3) is 0 Å². The molecule has 0 spiro atoms. The molecule has 1 radical (unpaired) electrons. The zero-order chi connectivity index (χ0) is 64.1. The predicted octanol–water partition coefficient (Wildman–Crippen LogP) is 24.1. The molecule has 0 aliphatic rings. The van der Waals surface area contributed by atoms with E-state index in [2.05, 4.69) is 146 Å². The Kier molecular flexibility index (Phi) is 107. The normalized spacial score (nSPS) is 7.97. The van der Waals surface area contributed by atoms with Crippen LogP contribution in [0.3, 0.4) is 0 Å². The van der Waals surface area contributed by atoms with Crippen LogP contribution in [0.2, 0.25) is 0 Å². The second-order valence-corrected chi connectivity index (χ2v) is 17.6. The number of benzene rings is 7. The first-order chi connectivity index (χ1) is 38.4. The maximum Gasteiger partial charge on any atom is 0.160 e. The molecule has 7 rings (SSSR count). The molecule has 0 atom stereocenters. The van der Waals surface area contributed by atoms with Crippen LogP contribution in [0.5, 0.6) is 0 Å². The van der Waals surface area contributed by atoms with Gasteiger partial charge in [-0.1, -0.05) is 239 Å². The Balaban J connectivity index is -0.0000000768. The summed E-state index contributed by atoms with van der Waals surface area (Å²) in [6, 6.07) is 67.6. The Labute approximate surface area is 532 Å². The summed E-state index contributed by atoms with van der Waals surface area (Å²) >= 11 is 0. The van der Waals surface area contributed by atoms with Crippen LogP contribution in [0, 0.1) is 46.8 Å². The van der Waals surface area contributed by atoms with E-state index in [1.807, 2.05) is 248 Å². The number of hydrogen-bond acceptors (Lipinski definition) is 3. The second kappa shape index (κ2) is 84.1. The molecule has 80 heavy (non-hydrogen) atoms. The van der Waals surface area contributed by atoms with Gasteiger partial charge in [0.1, 0.15) is 22.6 Å². The first-order valence-electron chi connectivity index (χ1n) is 29.8. The summed E-state index contributed by atoms with van der Waals surface area (Å²) in [7, 11) is -3.97. The zero-order valence-electron chi connectivity index (χ0n) is 57.3. The Hall–Kier alpha value is -3.75. The molecule has 7 aromatic carbocycles. The molecule has 7 heteroatoms. The van der Waals surface area contributed by atoms with E-state index >= 15 is 0 Å². The van der Waals surface area contributed by atoms with Gasteiger partial charge in [-0.15, -0.1) is 0 Å². The summed E-state index contributed by atoms with van der Waals surface area (Å²) in [6.07, 6.45) is 4.54. The number of rotatable bonds is 5. The van der Waals surface area contributed by atoms with E-state index in [1.54, 1.807) is 13.8 Å². The minimum atomic E-state index is -4.38. The molecule has 455 valence electrons. The molecular weight excluding hydrogens is 1110 g/mol. The Morgan fingerprint density at radius 3 is 0.562 bits per heavy atom. The molecule has 0 unspecified atom stereocenters. The van der Waals surface area contributed by atoms with Crippen LogP contribution in [-0.4, -0.2) is 25.5 Å². The van der Waals surface area contributed by atoms with Crippen molar-refractivity contribution in [2.24, 2.45) is 0 Å². The van der Waals surface area contributed by atoms with Crippen molar-refractivity contribution in [1.82, 2.24) is 0 Å². The van der Waals surface area contributed by atoms with Gasteiger partial charge in [0.2, 0.25) is 0 Å². The summed E-state index contributed by atoms with van der Waals surface area (Å²) in [6.45, 7) is 57.0. The van der Waals surface area contributed by atoms with E-state index in [4.69, 9.17) is 0 Å². The van der Waals surface area contributed by atoms with Gasteiger partial charge < -0.3 is 4.55 Å². The van der Waals surface area contributed by atoms with Crippen LogP contribution in [0.15, 0.2) is 206 Å². The quantitative estimate of drug-likeness (QED) is 0.0980. The Bertz CT molecular complexity index is 1920. The van der Waals surface area contributed by atoms with Crippen molar-refractivity contribution in [3.63, 3.8) is 0 Å². The zero-order valence-corrected chi connectivity index (χ0v) is 62.6. The molecule has 3 nitrogen and oxygen atoms in total. The second-order valence-electron chi connectivity index (χ2n) is 12.3. The predicted molar refractivity (Wildman–Crippen MR) is 370 cm³/mol. The van der Waals surface area contributed by atoms with Crippen LogP contribution in [-0.2, 0) is 64.6 Å². The Morgan fingerprint density at radius 2 is 0.438 bits per heavy atom. The SMILES string of the molecule is CC.CC.CC.CC.CC.CC.CC.CC.CC.CC.CC.CC.C[S+](c1ccccc1)c1ccccc1.C[S+](c1ccccc1)c1ccccc1.Cc1c(C)c(C)c(S(=O)(=O)[O-])c(C)c1C.[Y].[c-]1ccccc1.[c-]1ccccc1. The molecule has 0 bridgehead atoms. The molecule has 0 amide bonds. The molecule has 0 aromatic heterocycles. The summed E-state index contributed by atoms with van der Waals surface area (Å²) in [5.74, 6) is 0. The van der Waals surface area contributed by atoms with Gasteiger partial charge in [-0.05, 0) is 111 Å². The topological polar surface area (TPSA) is 57.2 Å². The Morgan fingerprint density at radius 1 is 0.287 bits per heavy atom. The third-order valence-corrected chi connectivity index (χ3v) is 13.8. The van der Waals surface area contributed by atoms with E-state index in [1.165, 1.54) is 19.6 Å². The van der Waals surface area contributed by atoms with E-state index in [-0.39, 0.29) is 59.4 Å². The summed E-state index contributed by atoms with van der Waals surface area (Å²) in [5, 5.41) is 0. The minimum Gasteiger partial charge on any atom is -0.744 e. The van der Waals surface area contributed by atoms with Gasteiger partial charge in [-0.3, -0.25) is 0 Å². The van der Waals surface area contributed by atoms with Gasteiger partial charge in [0.15, 0.2) is 19.6 Å². The van der Waals surface area contributed by atoms with Gasteiger partial charge in [0, 0.05) is 32.7 Å². The van der Waals surface area contributed by atoms with E-state index in [0.29, 0.717) is 11.1 Å². The van der Waals surface area contributed by atoms with Crippen LogP contribution < -0.4 is 0 Å². The van der Waals surface area contributed by atoms with Gasteiger partial charge in [0.05, 0.1) is 26.7 Å². The third kappa shape index (κ3) is 53.6. The molecule has 0 saturated carbocycles.